The van der Waals surface area contributed by atoms with Crippen molar-refractivity contribution in [1.29, 1.82) is 0 Å². The standard InChI is InChI=1S/C6H8FN3O/c1-11-5-2-6(10-8)9-3-4(5)7/h2-3H,8H2,1H3,(H,9,10). The summed E-state index contributed by atoms with van der Waals surface area (Å²) in [6.07, 6.45) is 1.04. The molecule has 0 bridgehead atoms. The van der Waals surface area contributed by atoms with Gasteiger partial charge in [-0.05, 0) is 0 Å². The molecule has 0 spiro atoms. The minimum absolute atomic E-state index is 0.118. The number of nitrogens with one attached hydrogen (secondary N) is 1. The van der Waals surface area contributed by atoms with Crippen LogP contribution in [0.5, 0.6) is 5.75 Å². The van der Waals surface area contributed by atoms with E-state index in [2.05, 4.69) is 15.1 Å². The molecule has 0 aliphatic rings. The van der Waals surface area contributed by atoms with Crippen LogP contribution in [0.3, 0.4) is 0 Å². The van der Waals surface area contributed by atoms with Crippen LogP contribution in [0.2, 0.25) is 0 Å². The number of pyridine rings is 1. The largest absolute Gasteiger partial charge is 0.493 e. The SMILES string of the molecule is COc1cc(NN)ncc1F. The minimum atomic E-state index is -0.508. The van der Waals surface area contributed by atoms with Gasteiger partial charge >= 0.3 is 0 Å². The molecule has 3 N–H and O–H groups in total. The van der Waals surface area contributed by atoms with Crippen molar-refractivity contribution >= 4 is 5.82 Å². The van der Waals surface area contributed by atoms with E-state index in [0.717, 1.165) is 6.20 Å². The predicted molar refractivity (Wildman–Crippen MR) is 38.6 cm³/mol. The molecule has 0 amide bonds. The molecule has 0 unspecified atom stereocenters. The number of methoxy groups -OCH3 is 1. The van der Waals surface area contributed by atoms with Gasteiger partial charge in [-0.15, -0.1) is 0 Å². The maximum atomic E-state index is 12.7. The molecule has 0 atom stereocenters. The van der Waals surface area contributed by atoms with Crippen LogP contribution in [0.25, 0.3) is 0 Å². The smallest absolute Gasteiger partial charge is 0.183 e. The summed E-state index contributed by atoms with van der Waals surface area (Å²) >= 11 is 0. The number of ether oxygens (including phenoxy) is 1. The summed E-state index contributed by atoms with van der Waals surface area (Å²) in [6, 6.07) is 1.37. The van der Waals surface area contributed by atoms with Crippen molar-refractivity contribution in [3.8, 4) is 5.75 Å². The first-order valence-electron chi connectivity index (χ1n) is 2.94. The lowest BCUT2D eigenvalue weighted by molar-refractivity contribution is 0.385. The highest BCUT2D eigenvalue weighted by molar-refractivity contribution is 5.39. The van der Waals surface area contributed by atoms with Gasteiger partial charge < -0.3 is 10.2 Å². The number of hydrazine groups is 1. The maximum absolute atomic E-state index is 12.7. The Morgan fingerprint density at radius 1 is 1.73 bits per heavy atom. The molecule has 4 nitrogen and oxygen atoms in total. The molecule has 0 saturated heterocycles. The fraction of sp³-hybridized carbons (Fsp3) is 0.167. The van der Waals surface area contributed by atoms with Crippen molar-refractivity contribution < 1.29 is 9.13 Å². The summed E-state index contributed by atoms with van der Waals surface area (Å²) in [6.45, 7) is 0. The zero-order chi connectivity index (χ0) is 8.27. The number of nitrogens with two attached hydrogens (primary N) is 1. The molecule has 1 rings (SSSR count). The third-order valence-corrected chi connectivity index (χ3v) is 1.19. The van der Waals surface area contributed by atoms with Crippen LogP contribution in [-0.2, 0) is 0 Å². The van der Waals surface area contributed by atoms with Crippen LogP contribution >= 0.6 is 0 Å². The van der Waals surface area contributed by atoms with Gasteiger partial charge in [-0.2, -0.15) is 0 Å². The summed E-state index contributed by atoms with van der Waals surface area (Å²) in [4.78, 5) is 3.61. The van der Waals surface area contributed by atoms with Crippen molar-refractivity contribution in [2.45, 2.75) is 0 Å². The number of aromatic nitrogens is 1. The summed E-state index contributed by atoms with van der Waals surface area (Å²) in [5.41, 5.74) is 2.27. The second-order valence-corrected chi connectivity index (χ2v) is 1.85. The number of nitrogens with zero attached hydrogens (tertiary/aromatic N) is 1. The Hall–Kier alpha value is -1.36. The lowest BCUT2D eigenvalue weighted by Crippen LogP contribution is -2.08. The average molecular weight is 157 g/mol. The van der Waals surface area contributed by atoms with Gasteiger partial charge in [0.25, 0.3) is 0 Å². The Morgan fingerprint density at radius 3 is 3.00 bits per heavy atom. The Labute approximate surface area is 63.2 Å². The van der Waals surface area contributed by atoms with E-state index in [4.69, 9.17) is 5.84 Å². The van der Waals surface area contributed by atoms with E-state index in [-0.39, 0.29) is 5.75 Å². The molecule has 0 aliphatic heterocycles. The van der Waals surface area contributed by atoms with Crippen LogP contribution in [0.4, 0.5) is 10.2 Å². The van der Waals surface area contributed by atoms with Crippen LogP contribution in [0, 0.1) is 5.82 Å². The predicted octanol–water partition coefficient (Wildman–Crippen LogP) is 0.515. The fourth-order valence-corrected chi connectivity index (χ4v) is 0.656. The maximum Gasteiger partial charge on any atom is 0.183 e. The Morgan fingerprint density at radius 2 is 2.45 bits per heavy atom. The van der Waals surface area contributed by atoms with Gasteiger partial charge in [0.1, 0.15) is 5.82 Å². The fourth-order valence-electron chi connectivity index (χ4n) is 0.656. The Balaban J connectivity index is 3.02. The molecule has 1 aromatic rings. The summed E-state index contributed by atoms with van der Waals surface area (Å²) < 4.78 is 17.3. The van der Waals surface area contributed by atoms with E-state index >= 15 is 0 Å². The van der Waals surface area contributed by atoms with E-state index < -0.39 is 5.82 Å². The first kappa shape index (κ1) is 7.74. The van der Waals surface area contributed by atoms with Gasteiger partial charge in [-0.25, -0.2) is 15.2 Å². The summed E-state index contributed by atoms with van der Waals surface area (Å²) in [5, 5.41) is 0. The zero-order valence-electron chi connectivity index (χ0n) is 5.97. The monoisotopic (exact) mass is 157 g/mol. The van der Waals surface area contributed by atoms with Crippen molar-refractivity contribution in [1.82, 2.24) is 4.98 Å². The molecule has 0 fully saturated rings. The third-order valence-electron chi connectivity index (χ3n) is 1.19. The Bertz CT molecular complexity index is 254. The highest BCUT2D eigenvalue weighted by Crippen LogP contribution is 2.17. The molecular weight excluding hydrogens is 149 g/mol. The normalized spacial score (nSPS) is 9.36. The molecule has 0 aliphatic carbocycles. The number of halogens is 1. The molecule has 1 aromatic heterocycles. The van der Waals surface area contributed by atoms with Gasteiger partial charge in [0.2, 0.25) is 0 Å². The lowest BCUT2D eigenvalue weighted by Gasteiger charge is -2.02. The highest BCUT2D eigenvalue weighted by Gasteiger charge is 2.02. The van der Waals surface area contributed by atoms with Crippen molar-refractivity contribution in [2.75, 3.05) is 12.5 Å². The molecule has 0 saturated carbocycles. The van der Waals surface area contributed by atoms with Crippen molar-refractivity contribution in [3.63, 3.8) is 0 Å². The zero-order valence-corrected chi connectivity index (χ0v) is 5.97. The topological polar surface area (TPSA) is 60.2 Å². The molecule has 1 heterocycles. The number of hydrogen-bond acceptors (Lipinski definition) is 4. The van der Waals surface area contributed by atoms with Gasteiger partial charge in [0, 0.05) is 6.07 Å². The van der Waals surface area contributed by atoms with Gasteiger partial charge in [0.15, 0.2) is 11.6 Å². The van der Waals surface area contributed by atoms with Crippen molar-refractivity contribution in [2.24, 2.45) is 5.84 Å². The van der Waals surface area contributed by atoms with E-state index in [9.17, 15) is 4.39 Å². The lowest BCUT2D eigenvalue weighted by atomic mass is 10.4. The highest BCUT2D eigenvalue weighted by atomic mass is 19.1. The first-order chi connectivity index (χ1) is 5.27. The van der Waals surface area contributed by atoms with E-state index in [0.29, 0.717) is 5.82 Å². The molecule has 5 heteroatoms. The molecule has 0 aromatic carbocycles. The second kappa shape index (κ2) is 3.16. The molecule has 60 valence electrons. The van der Waals surface area contributed by atoms with Crippen LogP contribution in [0.15, 0.2) is 12.3 Å². The van der Waals surface area contributed by atoms with Crippen LogP contribution in [0.1, 0.15) is 0 Å². The van der Waals surface area contributed by atoms with Crippen LogP contribution < -0.4 is 16.0 Å². The number of hydrogen-bond donors (Lipinski definition) is 2. The third kappa shape index (κ3) is 1.56. The van der Waals surface area contributed by atoms with E-state index in [1.807, 2.05) is 0 Å². The molecule has 11 heavy (non-hydrogen) atoms. The van der Waals surface area contributed by atoms with Crippen molar-refractivity contribution in [3.05, 3.63) is 18.1 Å². The Kier molecular flexibility index (Phi) is 2.22. The van der Waals surface area contributed by atoms with Gasteiger partial charge in [0.05, 0.1) is 13.3 Å². The first-order valence-corrected chi connectivity index (χ1v) is 2.94. The molecular formula is C6H8FN3O. The quantitative estimate of drug-likeness (QED) is 0.485. The minimum Gasteiger partial charge on any atom is -0.493 e. The molecule has 0 radical (unpaired) electrons. The summed E-state index contributed by atoms with van der Waals surface area (Å²) in [7, 11) is 1.37. The van der Waals surface area contributed by atoms with Crippen LogP contribution in [-0.4, -0.2) is 12.1 Å². The second-order valence-electron chi connectivity index (χ2n) is 1.85. The van der Waals surface area contributed by atoms with E-state index in [1.54, 1.807) is 0 Å². The average Bonchev–Trinajstić information content (AvgIpc) is 2.05. The van der Waals surface area contributed by atoms with Gasteiger partial charge in [-0.3, -0.25) is 0 Å². The van der Waals surface area contributed by atoms with E-state index in [1.165, 1.54) is 13.2 Å². The van der Waals surface area contributed by atoms with Gasteiger partial charge in [-0.1, -0.05) is 0 Å². The number of rotatable bonds is 2. The number of anilines is 1. The number of nitrogen functional groups attached to an aromatic ring is 1. The summed E-state index contributed by atoms with van der Waals surface area (Å²) in [5.74, 6) is 5.01.